The minimum Gasteiger partial charge on any atom is -0.349 e. The molecule has 162 valence electrons. The average Bonchev–Trinajstić information content (AvgIpc) is 3.25. The Labute approximate surface area is 187 Å². The minimum atomic E-state index is -0.681. The van der Waals surface area contributed by atoms with Gasteiger partial charge < -0.3 is 15.2 Å². The van der Waals surface area contributed by atoms with Crippen molar-refractivity contribution in [1.29, 1.82) is 0 Å². The predicted octanol–water partition coefficient (Wildman–Crippen LogP) is 3.14. The SMILES string of the molecule is Cc1ccc2[nH]c(C(=O)Nc3ccc4c(c3)CN(C3CCC(=O)NC3=O)C4=O)c(Cl)c2c1. The van der Waals surface area contributed by atoms with Gasteiger partial charge in [-0.2, -0.15) is 0 Å². The Morgan fingerprint density at radius 1 is 1.16 bits per heavy atom. The van der Waals surface area contributed by atoms with Crippen LogP contribution in [-0.2, 0) is 16.1 Å². The van der Waals surface area contributed by atoms with E-state index in [2.05, 4.69) is 15.6 Å². The summed E-state index contributed by atoms with van der Waals surface area (Å²) in [6.45, 7) is 2.18. The molecule has 0 spiro atoms. The third-order valence-corrected chi connectivity index (χ3v) is 6.29. The third-order valence-electron chi connectivity index (χ3n) is 5.90. The molecule has 4 amide bonds. The van der Waals surface area contributed by atoms with Crippen molar-refractivity contribution in [2.45, 2.75) is 32.4 Å². The van der Waals surface area contributed by atoms with Crippen LogP contribution in [0.1, 0.15) is 44.8 Å². The number of fused-ring (bicyclic) bond motifs is 2. The van der Waals surface area contributed by atoms with Gasteiger partial charge in [0.1, 0.15) is 11.7 Å². The number of aromatic nitrogens is 1. The summed E-state index contributed by atoms with van der Waals surface area (Å²) in [4.78, 5) is 53.8. The van der Waals surface area contributed by atoms with Crippen LogP contribution >= 0.6 is 11.6 Å². The van der Waals surface area contributed by atoms with Gasteiger partial charge in [-0.15, -0.1) is 0 Å². The third kappa shape index (κ3) is 3.33. The van der Waals surface area contributed by atoms with Crippen LogP contribution < -0.4 is 10.6 Å². The standard InChI is InChI=1S/C23H19ClN4O4/c1-11-2-5-16-15(8-11)19(24)20(26-16)22(31)25-13-3-4-14-12(9-13)10-28(23(14)32)17-6-7-18(29)27-21(17)30/h2-5,8-9,17,26H,6-7,10H2,1H3,(H,25,31)(H,27,29,30). The Balaban J connectivity index is 1.36. The summed E-state index contributed by atoms with van der Waals surface area (Å²) in [5.41, 5.74) is 3.76. The van der Waals surface area contributed by atoms with Crippen molar-refractivity contribution in [2.75, 3.05) is 5.32 Å². The van der Waals surface area contributed by atoms with E-state index in [0.717, 1.165) is 16.5 Å². The molecule has 0 bridgehead atoms. The summed E-state index contributed by atoms with van der Waals surface area (Å²) in [6.07, 6.45) is 0.495. The molecule has 32 heavy (non-hydrogen) atoms. The van der Waals surface area contributed by atoms with Gasteiger partial charge in [0.2, 0.25) is 11.8 Å². The summed E-state index contributed by atoms with van der Waals surface area (Å²) in [6, 6.07) is 10.0. The first kappa shape index (κ1) is 20.3. The Morgan fingerprint density at radius 2 is 1.97 bits per heavy atom. The fraction of sp³-hybridized carbons (Fsp3) is 0.217. The number of H-pyrrole nitrogens is 1. The number of hydrogen-bond acceptors (Lipinski definition) is 4. The molecule has 2 aliphatic heterocycles. The molecule has 1 unspecified atom stereocenters. The van der Waals surface area contributed by atoms with Crippen LogP contribution in [0.4, 0.5) is 5.69 Å². The highest BCUT2D eigenvalue weighted by molar-refractivity contribution is 6.39. The molecule has 9 heteroatoms. The number of piperidine rings is 1. The van der Waals surface area contributed by atoms with Crippen LogP contribution in [0.25, 0.3) is 10.9 Å². The van der Waals surface area contributed by atoms with Gasteiger partial charge in [-0.3, -0.25) is 24.5 Å². The van der Waals surface area contributed by atoms with E-state index in [0.29, 0.717) is 28.3 Å². The smallest absolute Gasteiger partial charge is 0.273 e. The number of hydrogen-bond donors (Lipinski definition) is 3. The first-order chi connectivity index (χ1) is 15.3. The van der Waals surface area contributed by atoms with Crippen LogP contribution in [-0.4, -0.2) is 39.6 Å². The maximum Gasteiger partial charge on any atom is 0.273 e. The molecule has 3 N–H and O–H groups in total. The van der Waals surface area contributed by atoms with Crippen molar-refractivity contribution >= 4 is 51.8 Å². The minimum absolute atomic E-state index is 0.197. The monoisotopic (exact) mass is 450 g/mol. The van der Waals surface area contributed by atoms with Crippen LogP contribution in [0.3, 0.4) is 0 Å². The molecule has 1 atom stereocenters. The van der Waals surface area contributed by atoms with E-state index >= 15 is 0 Å². The maximum absolute atomic E-state index is 12.9. The molecule has 1 aromatic heterocycles. The second-order valence-electron chi connectivity index (χ2n) is 8.09. The van der Waals surface area contributed by atoms with E-state index in [-0.39, 0.29) is 30.5 Å². The van der Waals surface area contributed by atoms with Crippen LogP contribution in [0, 0.1) is 6.92 Å². The Hall–Kier alpha value is -3.65. The molecule has 0 saturated carbocycles. The van der Waals surface area contributed by atoms with Crippen molar-refractivity contribution in [3.8, 4) is 0 Å². The fourth-order valence-electron chi connectivity index (χ4n) is 4.28. The van der Waals surface area contributed by atoms with Crippen molar-refractivity contribution in [3.63, 3.8) is 0 Å². The summed E-state index contributed by atoms with van der Waals surface area (Å²) >= 11 is 6.43. The van der Waals surface area contributed by atoms with E-state index in [9.17, 15) is 19.2 Å². The summed E-state index contributed by atoms with van der Waals surface area (Å²) in [5.74, 6) is -1.44. The van der Waals surface area contributed by atoms with Gasteiger partial charge >= 0.3 is 0 Å². The number of benzene rings is 2. The van der Waals surface area contributed by atoms with E-state index in [1.807, 2.05) is 25.1 Å². The second-order valence-corrected chi connectivity index (χ2v) is 8.47. The number of carbonyl (C=O) groups is 4. The van der Waals surface area contributed by atoms with E-state index < -0.39 is 17.9 Å². The lowest BCUT2D eigenvalue weighted by atomic mass is 10.0. The number of nitrogens with zero attached hydrogens (tertiary/aromatic N) is 1. The largest absolute Gasteiger partial charge is 0.349 e. The lowest BCUT2D eigenvalue weighted by Gasteiger charge is -2.29. The molecular weight excluding hydrogens is 432 g/mol. The Morgan fingerprint density at radius 3 is 2.75 bits per heavy atom. The number of halogens is 1. The maximum atomic E-state index is 12.9. The number of rotatable bonds is 3. The highest BCUT2D eigenvalue weighted by atomic mass is 35.5. The van der Waals surface area contributed by atoms with Crippen LogP contribution in [0.15, 0.2) is 36.4 Å². The number of carbonyl (C=O) groups excluding carboxylic acids is 4. The molecule has 2 aromatic carbocycles. The van der Waals surface area contributed by atoms with Crippen molar-refractivity contribution in [3.05, 3.63) is 63.8 Å². The topological polar surface area (TPSA) is 111 Å². The van der Waals surface area contributed by atoms with Crippen LogP contribution in [0.2, 0.25) is 5.02 Å². The Bertz CT molecular complexity index is 1330. The van der Waals surface area contributed by atoms with E-state index in [1.54, 1.807) is 18.2 Å². The Kier molecular flexibility index (Phi) is 4.74. The first-order valence-corrected chi connectivity index (χ1v) is 10.6. The van der Waals surface area contributed by atoms with Crippen LogP contribution in [0.5, 0.6) is 0 Å². The first-order valence-electron chi connectivity index (χ1n) is 10.2. The van der Waals surface area contributed by atoms with Crippen molar-refractivity contribution < 1.29 is 19.2 Å². The lowest BCUT2D eigenvalue weighted by Crippen LogP contribution is -2.52. The fourth-order valence-corrected chi connectivity index (χ4v) is 4.56. The van der Waals surface area contributed by atoms with Gasteiger partial charge in [0.15, 0.2) is 0 Å². The number of amides is 4. The summed E-state index contributed by atoms with van der Waals surface area (Å²) in [7, 11) is 0. The number of anilines is 1. The molecule has 0 aliphatic carbocycles. The van der Waals surface area contributed by atoms with Crippen molar-refractivity contribution in [1.82, 2.24) is 15.2 Å². The zero-order valence-corrected chi connectivity index (χ0v) is 17.9. The van der Waals surface area contributed by atoms with Crippen molar-refractivity contribution in [2.24, 2.45) is 0 Å². The molecule has 1 fully saturated rings. The zero-order chi connectivity index (χ0) is 22.6. The quantitative estimate of drug-likeness (QED) is 0.532. The highest BCUT2D eigenvalue weighted by Crippen LogP contribution is 2.31. The molecule has 1 saturated heterocycles. The molecular formula is C23H19ClN4O4. The van der Waals surface area contributed by atoms with Gasteiger partial charge in [-0.25, -0.2) is 0 Å². The summed E-state index contributed by atoms with van der Waals surface area (Å²) < 4.78 is 0. The number of imide groups is 1. The highest BCUT2D eigenvalue weighted by Gasteiger charge is 2.39. The molecule has 2 aliphatic rings. The molecule has 3 aromatic rings. The van der Waals surface area contributed by atoms with E-state index in [1.165, 1.54) is 4.90 Å². The number of nitrogens with one attached hydrogen (secondary N) is 3. The summed E-state index contributed by atoms with van der Waals surface area (Å²) in [5, 5.41) is 6.23. The van der Waals surface area contributed by atoms with Gasteiger partial charge in [0, 0.05) is 35.1 Å². The van der Waals surface area contributed by atoms with Gasteiger partial charge in [0.25, 0.3) is 11.8 Å². The normalized spacial score (nSPS) is 18.1. The van der Waals surface area contributed by atoms with E-state index in [4.69, 9.17) is 11.6 Å². The zero-order valence-electron chi connectivity index (χ0n) is 17.1. The number of aryl methyl sites for hydroxylation is 1. The average molecular weight is 451 g/mol. The van der Waals surface area contributed by atoms with Gasteiger partial charge in [0.05, 0.1) is 5.02 Å². The van der Waals surface area contributed by atoms with Gasteiger partial charge in [-0.05, 0) is 49.2 Å². The van der Waals surface area contributed by atoms with Gasteiger partial charge in [-0.1, -0.05) is 23.2 Å². The predicted molar refractivity (Wildman–Crippen MR) is 118 cm³/mol. The molecule has 8 nitrogen and oxygen atoms in total. The second kappa shape index (κ2) is 7.49. The molecule has 0 radical (unpaired) electrons. The molecule has 5 rings (SSSR count). The molecule has 3 heterocycles. The number of aromatic amines is 1. The lowest BCUT2D eigenvalue weighted by molar-refractivity contribution is -0.136.